The Hall–Kier alpha value is -0.120. The lowest BCUT2D eigenvalue weighted by molar-refractivity contribution is -0.0467. The average molecular weight is 228 g/mol. The summed E-state index contributed by atoms with van der Waals surface area (Å²) in [5.74, 6) is 0. The monoisotopic (exact) mass is 228 g/mol. The number of ether oxygens (including phenoxy) is 1. The van der Waals surface area contributed by atoms with Crippen molar-refractivity contribution >= 4 is 0 Å². The molecule has 3 heteroatoms. The number of hydrogen-bond acceptors (Lipinski definition) is 3. The van der Waals surface area contributed by atoms with E-state index in [2.05, 4.69) is 31.0 Å². The van der Waals surface area contributed by atoms with E-state index in [1.807, 2.05) is 0 Å². The third-order valence-corrected chi connectivity index (χ3v) is 3.26. The molecule has 0 spiro atoms. The molecule has 1 saturated heterocycles. The number of rotatable bonds is 7. The van der Waals surface area contributed by atoms with Gasteiger partial charge in [-0.15, -0.1) is 0 Å². The SMILES string of the molecule is CCCNC(CC)C1CN(CCC)CCO1. The van der Waals surface area contributed by atoms with Crippen molar-refractivity contribution in [1.82, 2.24) is 10.2 Å². The number of morpholine rings is 1. The van der Waals surface area contributed by atoms with E-state index in [0.29, 0.717) is 12.1 Å². The Morgan fingerprint density at radius 2 is 2.12 bits per heavy atom. The largest absolute Gasteiger partial charge is 0.374 e. The van der Waals surface area contributed by atoms with Gasteiger partial charge in [-0.05, 0) is 32.4 Å². The Morgan fingerprint density at radius 3 is 2.75 bits per heavy atom. The second-order valence-electron chi connectivity index (χ2n) is 4.68. The zero-order chi connectivity index (χ0) is 11.8. The van der Waals surface area contributed by atoms with Crippen molar-refractivity contribution in [3.8, 4) is 0 Å². The van der Waals surface area contributed by atoms with E-state index in [4.69, 9.17) is 4.74 Å². The number of hydrogen-bond donors (Lipinski definition) is 1. The van der Waals surface area contributed by atoms with Crippen LogP contribution in [0.2, 0.25) is 0 Å². The van der Waals surface area contributed by atoms with Crippen molar-refractivity contribution in [2.24, 2.45) is 0 Å². The van der Waals surface area contributed by atoms with Gasteiger partial charge in [0, 0.05) is 19.1 Å². The van der Waals surface area contributed by atoms with Gasteiger partial charge in [0.1, 0.15) is 0 Å². The third kappa shape index (κ3) is 4.40. The van der Waals surface area contributed by atoms with Crippen molar-refractivity contribution < 1.29 is 4.74 Å². The van der Waals surface area contributed by atoms with Crippen LogP contribution in [0, 0.1) is 0 Å². The number of nitrogens with zero attached hydrogens (tertiary/aromatic N) is 1. The molecule has 16 heavy (non-hydrogen) atoms. The quantitative estimate of drug-likeness (QED) is 0.720. The van der Waals surface area contributed by atoms with Crippen molar-refractivity contribution in [2.75, 3.05) is 32.8 Å². The fourth-order valence-electron chi connectivity index (χ4n) is 2.36. The fourth-order valence-corrected chi connectivity index (χ4v) is 2.36. The van der Waals surface area contributed by atoms with Crippen LogP contribution in [-0.4, -0.2) is 49.8 Å². The molecule has 1 aliphatic rings. The summed E-state index contributed by atoms with van der Waals surface area (Å²) in [4.78, 5) is 2.53. The molecule has 0 aromatic rings. The van der Waals surface area contributed by atoms with Gasteiger partial charge in [-0.3, -0.25) is 4.90 Å². The first-order valence-electron chi connectivity index (χ1n) is 6.89. The predicted octanol–water partition coefficient (Wildman–Crippen LogP) is 1.88. The molecule has 0 amide bonds. The maximum atomic E-state index is 5.90. The Labute approximate surface area is 101 Å². The molecule has 2 atom stereocenters. The smallest absolute Gasteiger partial charge is 0.0855 e. The molecule has 0 bridgehead atoms. The summed E-state index contributed by atoms with van der Waals surface area (Å²) >= 11 is 0. The average Bonchev–Trinajstić information content (AvgIpc) is 2.31. The molecule has 0 aliphatic carbocycles. The van der Waals surface area contributed by atoms with Gasteiger partial charge in [0.05, 0.1) is 12.7 Å². The summed E-state index contributed by atoms with van der Waals surface area (Å²) in [5.41, 5.74) is 0. The second kappa shape index (κ2) is 8.04. The van der Waals surface area contributed by atoms with Crippen LogP contribution >= 0.6 is 0 Å². The molecule has 0 aromatic heterocycles. The van der Waals surface area contributed by atoms with E-state index < -0.39 is 0 Å². The zero-order valence-electron chi connectivity index (χ0n) is 11.2. The highest BCUT2D eigenvalue weighted by atomic mass is 16.5. The lowest BCUT2D eigenvalue weighted by Gasteiger charge is -2.37. The van der Waals surface area contributed by atoms with Gasteiger partial charge in [0.2, 0.25) is 0 Å². The van der Waals surface area contributed by atoms with E-state index in [0.717, 1.165) is 32.7 Å². The molecule has 0 radical (unpaired) electrons. The molecule has 1 aliphatic heterocycles. The van der Waals surface area contributed by atoms with Crippen LogP contribution in [0.4, 0.5) is 0 Å². The molecule has 2 unspecified atom stereocenters. The van der Waals surface area contributed by atoms with Crippen molar-refractivity contribution in [1.29, 1.82) is 0 Å². The first-order valence-corrected chi connectivity index (χ1v) is 6.89. The van der Waals surface area contributed by atoms with Gasteiger partial charge in [-0.25, -0.2) is 0 Å². The molecule has 1 N–H and O–H groups in total. The molecule has 1 heterocycles. The molecule has 96 valence electrons. The van der Waals surface area contributed by atoms with E-state index >= 15 is 0 Å². The zero-order valence-corrected chi connectivity index (χ0v) is 11.2. The van der Waals surface area contributed by atoms with Crippen molar-refractivity contribution in [3.63, 3.8) is 0 Å². The van der Waals surface area contributed by atoms with Gasteiger partial charge >= 0.3 is 0 Å². The lowest BCUT2D eigenvalue weighted by Crippen LogP contribution is -2.52. The predicted molar refractivity (Wildman–Crippen MR) is 68.8 cm³/mol. The minimum Gasteiger partial charge on any atom is -0.374 e. The van der Waals surface area contributed by atoms with Gasteiger partial charge in [0.25, 0.3) is 0 Å². The molecule has 3 nitrogen and oxygen atoms in total. The molecule has 1 rings (SSSR count). The minimum atomic E-state index is 0.386. The summed E-state index contributed by atoms with van der Waals surface area (Å²) in [6, 6.07) is 0.527. The fraction of sp³-hybridized carbons (Fsp3) is 1.00. The van der Waals surface area contributed by atoms with Crippen molar-refractivity contribution in [2.45, 2.75) is 52.2 Å². The van der Waals surface area contributed by atoms with Gasteiger partial charge in [-0.1, -0.05) is 20.8 Å². The normalized spacial score (nSPS) is 24.6. The Balaban J connectivity index is 2.37. The number of nitrogens with one attached hydrogen (secondary N) is 1. The van der Waals surface area contributed by atoms with Crippen LogP contribution in [0.15, 0.2) is 0 Å². The standard InChI is InChI=1S/C13H28N2O/c1-4-7-14-12(6-3)13-11-15(8-5-2)9-10-16-13/h12-14H,4-11H2,1-3H3. The Kier molecular flexibility index (Phi) is 7.01. The maximum absolute atomic E-state index is 5.90. The Morgan fingerprint density at radius 1 is 1.31 bits per heavy atom. The summed E-state index contributed by atoms with van der Waals surface area (Å²) in [6.07, 6.45) is 3.98. The molecular formula is C13H28N2O. The van der Waals surface area contributed by atoms with Crippen LogP contribution in [0.3, 0.4) is 0 Å². The van der Waals surface area contributed by atoms with Crippen LogP contribution in [-0.2, 0) is 4.74 Å². The van der Waals surface area contributed by atoms with E-state index in [1.165, 1.54) is 19.4 Å². The highest BCUT2D eigenvalue weighted by molar-refractivity contribution is 4.82. The highest BCUT2D eigenvalue weighted by Crippen LogP contribution is 2.11. The van der Waals surface area contributed by atoms with Crippen molar-refractivity contribution in [3.05, 3.63) is 0 Å². The van der Waals surface area contributed by atoms with Crippen LogP contribution < -0.4 is 5.32 Å². The van der Waals surface area contributed by atoms with Gasteiger partial charge < -0.3 is 10.1 Å². The first-order chi connectivity index (χ1) is 7.81. The summed E-state index contributed by atoms with van der Waals surface area (Å²) in [7, 11) is 0. The van der Waals surface area contributed by atoms with Crippen LogP contribution in [0.25, 0.3) is 0 Å². The summed E-state index contributed by atoms with van der Waals surface area (Å²) < 4.78 is 5.90. The van der Waals surface area contributed by atoms with Gasteiger partial charge in [0.15, 0.2) is 0 Å². The van der Waals surface area contributed by atoms with E-state index in [9.17, 15) is 0 Å². The molecule has 1 fully saturated rings. The molecule has 0 aromatic carbocycles. The minimum absolute atomic E-state index is 0.386. The van der Waals surface area contributed by atoms with E-state index in [1.54, 1.807) is 0 Å². The van der Waals surface area contributed by atoms with Crippen LogP contribution in [0.5, 0.6) is 0 Å². The lowest BCUT2D eigenvalue weighted by atomic mass is 10.1. The van der Waals surface area contributed by atoms with E-state index in [-0.39, 0.29) is 0 Å². The van der Waals surface area contributed by atoms with Crippen LogP contribution in [0.1, 0.15) is 40.0 Å². The van der Waals surface area contributed by atoms with Gasteiger partial charge in [-0.2, -0.15) is 0 Å². The maximum Gasteiger partial charge on any atom is 0.0855 e. The summed E-state index contributed by atoms with van der Waals surface area (Å²) in [5, 5.41) is 3.60. The topological polar surface area (TPSA) is 24.5 Å². The second-order valence-corrected chi connectivity index (χ2v) is 4.68. The molecular weight excluding hydrogens is 200 g/mol. The summed E-state index contributed by atoms with van der Waals surface area (Å²) in [6.45, 7) is 12.1. The third-order valence-electron chi connectivity index (χ3n) is 3.26. The highest BCUT2D eigenvalue weighted by Gasteiger charge is 2.26. The first kappa shape index (κ1) is 13.9. The molecule has 0 saturated carbocycles. The Bertz CT molecular complexity index is 173.